The summed E-state index contributed by atoms with van der Waals surface area (Å²) in [6.07, 6.45) is 5.85. The van der Waals surface area contributed by atoms with Crippen molar-refractivity contribution in [1.29, 1.82) is 0 Å². The molecular weight excluding hydrogens is 218 g/mol. The molecule has 3 heteroatoms. The molecule has 0 atom stereocenters. The molecule has 0 fully saturated rings. The second kappa shape index (κ2) is 5.94. The molecule has 1 aromatic rings. The number of para-hydroxylation sites is 1. The SMILES string of the molecule is O=CN1CCCCCCSc2ccccc21. The first kappa shape index (κ1) is 11.5. The number of benzene rings is 1. The third-order valence-corrected chi connectivity index (χ3v) is 4.00. The summed E-state index contributed by atoms with van der Waals surface area (Å²) in [6.45, 7) is 0.848. The van der Waals surface area contributed by atoms with Crippen LogP contribution in [-0.4, -0.2) is 18.7 Å². The second-order valence-corrected chi connectivity index (χ2v) is 5.17. The Morgan fingerprint density at radius 3 is 2.81 bits per heavy atom. The van der Waals surface area contributed by atoms with Gasteiger partial charge in [-0.15, -0.1) is 11.8 Å². The molecule has 0 saturated carbocycles. The van der Waals surface area contributed by atoms with E-state index in [1.807, 2.05) is 34.9 Å². The van der Waals surface area contributed by atoms with Gasteiger partial charge in [0.15, 0.2) is 0 Å². The maximum Gasteiger partial charge on any atom is 0.214 e. The van der Waals surface area contributed by atoms with Crippen LogP contribution in [0.15, 0.2) is 29.2 Å². The first-order valence-electron chi connectivity index (χ1n) is 5.85. The molecule has 1 aliphatic heterocycles. The molecule has 0 aromatic heterocycles. The molecule has 0 radical (unpaired) electrons. The lowest BCUT2D eigenvalue weighted by Gasteiger charge is -2.21. The molecule has 0 unspecified atom stereocenters. The number of carbonyl (C=O) groups is 1. The Bertz CT molecular complexity index is 354. The summed E-state index contributed by atoms with van der Waals surface area (Å²) in [6, 6.07) is 8.19. The number of amides is 1. The minimum atomic E-state index is 0.848. The number of thioether (sulfide) groups is 1. The van der Waals surface area contributed by atoms with Crippen LogP contribution in [0.5, 0.6) is 0 Å². The van der Waals surface area contributed by atoms with Crippen LogP contribution in [0.2, 0.25) is 0 Å². The van der Waals surface area contributed by atoms with E-state index in [1.54, 1.807) is 0 Å². The van der Waals surface area contributed by atoms with Crippen LogP contribution in [0.4, 0.5) is 5.69 Å². The van der Waals surface area contributed by atoms with E-state index in [-0.39, 0.29) is 0 Å². The van der Waals surface area contributed by atoms with Gasteiger partial charge >= 0.3 is 0 Å². The van der Waals surface area contributed by atoms with Crippen LogP contribution in [-0.2, 0) is 4.79 Å². The molecule has 16 heavy (non-hydrogen) atoms. The lowest BCUT2D eigenvalue weighted by Crippen LogP contribution is -2.23. The Labute approximate surface area is 101 Å². The fourth-order valence-corrected chi connectivity index (χ4v) is 3.04. The van der Waals surface area contributed by atoms with E-state index < -0.39 is 0 Å². The van der Waals surface area contributed by atoms with Gasteiger partial charge in [0.1, 0.15) is 0 Å². The van der Waals surface area contributed by atoms with Crippen molar-refractivity contribution in [2.24, 2.45) is 0 Å². The van der Waals surface area contributed by atoms with Gasteiger partial charge in [0, 0.05) is 11.4 Å². The van der Waals surface area contributed by atoms with Gasteiger partial charge in [-0.2, -0.15) is 0 Å². The number of anilines is 1. The predicted molar refractivity (Wildman–Crippen MR) is 69.0 cm³/mol. The average molecular weight is 235 g/mol. The summed E-state index contributed by atoms with van der Waals surface area (Å²) in [5, 5.41) is 0. The number of fused-ring (bicyclic) bond motifs is 1. The van der Waals surface area contributed by atoms with Crippen molar-refractivity contribution in [3.05, 3.63) is 24.3 Å². The number of nitrogens with zero attached hydrogens (tertiary/aromatic N) is 1. The van der Waals surface area contributed by atoms with Crippen molar-refractivity contribution in [1.82, 2.24) is 0 Å². The van der Waals surface area contributed by atoms with Crippen molar-refractivity contribution in [2.75, 3.05) is 17.2 Å². The molecule has 2 rings (SSSR count). The highest BCUT2D eigenvalue weighted by atomic mass is 32.2. The van der Waals surface area contributed by atoms with E-state index in [0.717, 1.165) is 30.8 Å². The summed E-state index contributed by atoms with van der Waals surface area (Å²) in [7, 11) is 0. The fourth-order valence-electron chi connectivity index (χ4n) is 1.97. The number of hydrogen-bond donors (Lipinski definition) is 0. The second-order valence-electron chi connectivity index (χ2n) is 4.03. The van der Waals surface area contributed by atoms with Gasteiger partial charge in [-0.3, -0.25) is 4.79 Å². The van der Waals surface area contributed by atoms with Crippen molar-refractivity contribution >= 4 is 23.9 Å². The van der Waals surface area contributed by atoms with Gasteiger partial charge in [-0.1, -0.05) is 25.0 Å². The van der Waals surface area contributed by atoms with Crippen molar-refractivity contribution in [2.45, 2.75) is 30.6 Å². The third kappa shape index (κ3) is 2.79. The van der Waals surface area contributed by atoms with E-state index in [2.05, 4.69) is 6.07 Å². The molecule has 0 spiro atoms. The number of carbonyl (C=O) groups excluding carboxylic acids is 1. The maximum atomic E-state index is 11.1. The summed E-state index contributed by atoms with van der Waals surface area (Å²) >= 11 is 1.86. The Morgan fingerprint density at radius 2 is 1.94 bits per heavy atom. The van der Waals surface area contributed by atoms with Gasteiger partial charge in [-0.05, 0) is 30.7 Å². The van der Waals surface area contributed by atoms with Gasteiger partial charge in [0.2, 0.25) is 6.41 Å². The van der Waals surface area contributed by atoms with Gasteiger partial charge in [0.25, 0.3) is 0 Å². The van der Waals surface area contributed by atoms with Gasteiger partial charge in [0.05, 0.1) is 5.69 Å². The van der Waals surface area contributed by atoms with Crippen LogP contribution >= 0.6 is 11.8 Å². The molecule has 1 heterocycles. The van der Waals surface area contributed by atoms with Gasteiger partial charge < -0.3 is 4.90 Å². The lowest BCUT2D eigenvalue weighted by molar-refractivity contribution is -0.107. The Kier molecular flexibility index (Phi) is 4.28. The van der Waals surface area contributed by atoms with E-state index in [1.165, 1.54) is 24.2 Å². The highest BCUT2D eigenvalue weighted by Gasteiger charge is 2.11. The Morgan fingerprint density at radius 1 is 1.12 bits per heavy atom. The minimum Gasteiger partial charge on any atom is -0.314 e. The van der Waals surface area contributed by atoms with Crippen molar-refractivity contribution < 1.29 is 4.79 Å². The number of hydrogen-bond acceptors (Lipinski definition) is 2. The Balaban J connectivity index is 2.25. The van der Waals surface area contributed by atoms with Crippen LogP contribution in [0.3, 0.4) is 0 Å². The summed E-state index contributed by atoms with van der Waals surface area (Å²) in [5.74, 6) is 1.16. The topological polar surface area (TPSA) is 20.3 Å². The molecule has 1 amide bonds. The highest BCUT2D eigenvalue weighted by molar-refractivity contribution is 7.99. The highest BCUT2D eigenvalue weighted by Crippen LogP contribution is 2.31. The largest absolute Gasteiger partial charge is 0.314 e. The fraction of sp³-hybridized carbons (Fsp3) is 0.462. The zero-order valence-electron chi connectivity index (χ0n) is 9.39. The number of rotatable bonds is 1. The minimum absolute atomic E-state index is 0.848. The van der Waals surface area contributed by atoms with E-state index in [9.17, 15) is 4.79 Å². The molecule has 86 valence electrons. The van der Waals surface area contributed by atoms with Crippen molar-refractivity contribution in [3.63, 3.8) is 0 Å². The zero-order valence-corrected chi connectivity index (χ0v) is 10.2. The molecule has 0 saturated heterocycles. The Hall–Kier alpha value is -0.960. The molecule has 0 bridgehead atoms. The molecular formula is C13H17NOS. The summed E-state index contributed by atoms with van der Waals surface area (Å²) in [4.78, 5) is 14.2. The maximum absolute atomic E-state index is 11.1. The monoisotopic (exact) mass is 235 g/mol. The summed E-state index contributed by atoms with van der Waals surface area (Å²) < 4.78 is 0. The van der Waals surface area contributed by atoms with Crippen molar-refractivity contribution in [3.8, 4) is 0 Å². The quantitative estimate of drug-likeness (QED) is 0.696. The van der Waals surface area contributed by atoms with Crippen LogP contribution in [0, 0.1) is 0 Å². The molecule has 2 nitrogen and oxygen atoms in total. The summed E-state index contributed by atoms with van der Waals surface area (Å²) in [5.41, 5.74) is 1.07. The first-order valence-corrected chi connectivity index (χ1v) is 6.84. The predicted octanol–water partition coefficient (Wildman–Crippen LogP) is 3.32. The molecule has 1 aromatic carbocycles. The van der Waals surface area contributed by atoms with Crippen LogP contribution in [0.1, 0.15) is 25.7 Å². The molecule has 0 aliphatic carbocycles. The van der Waals surface area contributed by atoms with Crippen LogP contribution in [0.25, 0.3) is 0 Å². The molecule has 0 N–H and O–H groups in total. The average Bonchev–Trinajstić information content (AvgIpc) is 2.35. The van der Waals surface area contributed by atoms with Crippen LogP contribution < -0.4 is 4.90 Å². The normalized spacial score (nSPS) is 17.6. The van der Waals surface area contributed by atoms with E-state index in [0.29, 0.717) is 0 Å². The van der Waals surface area contributed by atoms with E-state index in [4.69, 9.17) is 0 Å². The molecule has 1 aliphatic rings. The van der Waals surface area contributed by atoms with Gasteiger partial charge in [-0.25, -0.2) is 0 Å². The first-order chi connectivity index (χ1) is 7.92. The van der Waals surface area contributed by atoms with E-state index >= 15 is 0 Å². The lowest BCUT2D eigenvalue weighted by atomic mass is 10.2. The third-order valence-electron chi connectivity index (χ3n) is 2.85. The zero-order chi connectivity index (χ0) is 11.2. The smallest absolute Gasteiger partial charge is 0.214 e. The standard InChI is InChI=1S/C13H17NOS/c15-11-14-9-5-1-2-6-10-16-13-8-4-3-7-12(13)14/h3-4,7-8,11H,1-2,5-6,9-10H2.